The normalized spacial score (nSPS) is 14.0. The third-order valence-electron chi connectivity index (χ3n) is 12.3. The number of likely N-dealkylation sites (tertiary alicyclic amines) is 1. The van der Waals surface area contributed by atoms with Crippen LogP contribution in [-0.4, -0.2) is 128 Å². The van der Waals surface area contributed by atoms with Gasteiger partial charge in [-0.05, 0) is 101 Å². The lowest BCUT2D eigenvalue weighted by molar-refractivity contribution is -0.0553. The van der Waals surface area contributed by atoms with Gasteiger partial charge in [-0.3, -0.25) is 39.5 Å². The Morgan fingerprint density at radius 3 is 1.62 bits per heavy atom. The number of methoxy groups -OCH3 is 1. The highest BCUT2D eigenvalue weighted by atomic mass is 16.5. The van der Waals surface area contributed by atoms with E-state index in [2.05, 4.69) is 225 Å². The lowest BCUT2D eigenvalue weighted by Crippen LogP contribution is -2.56. The summed E-state index contributed by atoms with van der Waals surface area (Å²) in [6, 6.07) is 12.7. The fraction of sp³-hybridized carbons (Fsp3) is 0.609. The first kappa shape index (κ1) is 78.4. The monoisotopic (exact) mass is 1130 g/mol. The van der Waals surface area contributed by atoms with Gasteiger partial charge in [0.05, 0.1) is 32.1 Å². The molecule has 3 aliphatic rings. The maximum atomic E-state index is 5.26. The van der Waals surface area contributed by atoms with Gasteiger partial charge in [-0.1, -0.05) is 175 Å². The van der Waals surface area contributed by atoms with Crippen LogP contribution in [0.25, 0.3) is 0 Å². The van der Waals surface area contributed by atoms with Gasteiger partial charge in [0.25, 0.3) is 0 Å². The summed E-state index contributed by atoms with van der Waals surface area (Å²) in [5, 5.41) is 10.5. The first-order valence-corrected chi connectivity index (χ1v) is 29.9. The van der Waals surface area contributed by atoms with Gasteiger partial charge in [0.15, 0.2) is 0 Å². The molecule has 1 N–H and O–H groups in total. The van der Waals surface area contributed by atoms with Crippen LogP contribution in [0, 0.1) is 41.4 Å². The van der Waals surface area contributed by atoms with E-state index < -0.39 is 0 Å². The van der Waals surface area contributed by atoms with E-state index in [1.807, 2.05) is 79.3 Å². The maximum Gasteiger partial charge on any atom is 0.137 e. The second-order valence-corrected chi connectivity index (χ2v) is 23.6. The largest absolute Gasteiger partial charge is 0.379 e. The van der Waals surface area contributed by atoms with Crippen LogP contribution in [0.5, 0.6) is 0 Å². The molecule has 0 aromatic carbocycles. The van der Waals surface area contributed by atoms with Crippen LogP contribution in [-0.2, 0) is 16.5 Å². The van der Waals surface area contributed by atoms with Crippen molar-refractivity contribution in [3.8, 4) is 11.8 Å². The number of pyridine rings is 3. The Hall–Kier alpha value is -5.65. The van der Waals surface area contributed by atoms with Crippen molar-refractivity contribution >= 4 is 6.21 Å². The van der Waals surface area contributed by atoms with Crippen molar-refractivity contribution in [1.82, 2.24) is 49.7 Å². The molecule has 5 aromatic rings. The zero-order valence-electron chi connectivity index (χ0n) is 54.8. The molecule has 1 unspecified atom stereocenters. The van der Waals surface area contributed by atoms with Gasteiger partial charge in [0, 0.05) is 120 Å². The number of H-pyrrole nitrogens is 1. The average molecular weight is 1130 g/mol. The number of hydrogen-bond donors (Lipinski definition) is 1. The molecule has 1 atom stereocenters. The van der Waals surface area contributed by atoms with E-state index in [4.69, 9.17) is 9.47 Å². The van der Waals surface area contributed by atoms with E-state index in [-0.39, 0.29) is 7.43 Å². The Kier molecular flexibility index (Phi) is 45.7. The zero-order chi connectivity index (χ0) is 61.1. The summed E-state index contributed by atoms with van der Waals surface area (Å²) >= 11 is 0. The molecule has 3 aliphatic heterocycles. The van der Waals surface area contributed by atoms with Gasteiger partial charge in [-0.25, -0.2) is 4.98 Å². The SMILES string of the molecule is C.CC(C)/C=C/CN1CCOCC1.CC(C)C.CC(C)C#Cc1cccnc1.CC(C)C1=CCN=C1.CC(C)c1cccnc1.CC(C)c1ccncc1.CC(C)c1cnn(C)c1.CC(C)c1ncn[nH]1.COC1CN(C(C)C(C)C)C1. The molecule has 8 rings (SSSR count). The Balaban J connectivity index is 0. The van der Waals surface area contributed by atoms with Gasteiger partial charge in [0.2, 0.25) is 0 Å². The number of allylic oxidation sites excluding steroid dienone is 2. The molecule has 13 heteroatoms. The second-order valence-electron chi connectivity index (χ2n) is 23.6. The van der Waals surface area contributed by atoms with Crippen LogP contribution in [0.1, 0.15) is 198 Å². The van der Waals surface area contributed by atoms with Gasteiger partial charge in [-0.2, -0.15) is 10.2 Å². The summed E-state index contributed by atoms with van der Waals surface area (Å²) in [6.07, 6.45) is 25.5. The van der Waals surface area contributed by atoms with E-state index >= 15 is 0 Å². The van der Waals surface area contributed by atoms with Crippen LogP contribution < -0.4 is 0 Å². The molecular formula is C69H117N11O2. The Morgan fingerprint density at radius 1 is 0.695 bits per heavy atom. The highest BCUT2D eigenvalue weighted by molar-refractivity contribution is 5.81. The maximum absolute atomic E-state index is 5.26. The van der Waals surface area contributed by atoms with Crippen molar-refractivity contribution in [2.45, 2.75) is 182 Å². The topological polar surface area (TPSA) is 135 Å². The molecule has 2 fully saturated rings. The lowest BCUT2D eigenvalue weighted by atomic mass is 10.00. The van der Waals surface area contributed by atoms with Gasteiger partial charge < -0.3 is 9.47 Å². The first-order chi connectivity index (χ1) is 38.4. The number of aromatic nitrogens is 8. The number of aliphatic imine (C=N–C) groups is 1. The predicted octanol–water partition coefficient (Wildman–Crippen LogP) is 15.8. The number of ether oxygens (including phenoxy) is 2. The molecule has 0 bridgehead atoms. The quantitative estimate of drug-likeness (QED) is 0.101. The summed E-state index contributed by atoms with van der Waals surface area (Å²) in [6.45, 7) is 51.6. The third kappa shape index (κ3) is 41.4. The van der Waals surface area contributed by atoms with Gasteiger partial charge in [0.1, 0.15) is 12.2 Å². The van der Waals surface area contributed by atoms with Crippen molar-refractivity contribution in [1.29, 1.82) is 0 Å². The van der Waals surface area contributed by atoms with Crippen LogP contribution in [0.4, 0.5) is 0 Å². The number of nitrogens with zero attached hydrogens (tertiary/aromatic N) is 10. The zero-order valence-corrected chi connectivity index (χ0v) is 54.8. The van der Waals surface area contributed by atoms with E-state index in [1.54, 1.807) is 25.7 Å². The Labute approximate surface area is 502 Å². The third-order valence-corrected chi connectivity index (χ3v) is 12.3. The average Bonchev–Trinajstić information content (AvgIpc) is 4.28. The van der Waals surface area contributed by atoms with E-state index in [0.29, 0.717) is 53.6 Å². The van der Waals surface area contributed by atoms with Crippen LogP contribution in [0.15, 0.2) is 121 Å². The number of morpholine rings is 1. The highest BCUT2D eigenvalue weighted by Gasteiger charge is 2.31. The number of aryl methyl sites for hydroxylation is 1. The van der Waals surface area contributed by atoms with Crippen LogP contribution >= 0.6 is 0 Å². The fourth-order valence-corrected chi connectivity index (χ4v) is 6.75. The van der Waals surface area contributed by atoms with Crippen molar-refractivity contribution in [3.63, 3.8) is 0 Å². The molecule has 82 heavy (non-hydrogen) atoms. The van der Waals surface area contributed by atoms with Crippen LogP contribution in [0.2, 0.25) is 0 Å². The first-order valence-electron chi connectivity index (χ1n) is 29.9. The minimum absolute atomic E-state index is 0. The highest BCUT2D eigenvalue weighted by Crippen LogP contribution is 2.19. The second kappa shape index (κ2) is 47.8. The Morgan fingerprint density at radius 2 is 1.28 bits per heavy atom. The van der Waals surface area contributed by atoms with E-state index in [0.717, 1.165) is 75.7 Å². The standard InChI is InChI=1S/C10H19NO.C10H11N.C9H19NO.2C8H11N.C7H12N2.C7H11N.C5H9N3.C4H10.CH4/c1-10(2)4-3-5-11-6-8-12-9-7-11;1-9(2)5-6-10-4-3-7-11-8-10;1-7(2)8(3)10-5-9(6-10)11-4;1-7(2)8-3-5-9-6-4-8;1-7(2)8-4-3-5-9-6-8;1-6(2)7-4-8-9(3)5-7;1-6(2)7-3-4-8-5-7;1-4(2)5-6-3-7-8-5;1-4(2)3;/h3-4,10H,5-9H2,1-2H3;3-4,7-9H,1-2H3;7-9H,5-6H2,1-4H3;2*3-7H,1-2H3;4-6H,1-3H3;3,5-6H,4H2,1-2H3;3-4H,1-2H3,(H,6,7,8);4H,1-3H3;1H4/b4-3+;;;;;;;;;. The van der Waals surface area contributed by atoms with E-state index in [1.165, 1.54) is 28.6 Å². The summed E-state index contributed by atoms with van der Waals surface area (Å²) in [5.41, 5.74) is 6.33. The number of aromatic amines is 1. The molecule has 0 spiro atoms. The molecule has 0 radical (unpaired) electrons. The molecule has 460 valence electrons. The summed E-state index contributed by atoms with van der Waals surface area (Å²) < 4.78 is 12.3. The summed E-state index contributed by atoms with van der Waals surface area (Å²) in [4.78, 5) is 24.8. The minimum Gasteiger partial charge on any atom is -0.379 e. The van der Waals surface area contributed by atoms with Crippen LogP contribution in [0.3, 0.4) is 0 Å². The molecule has 2 saturated heterocycles. The molecule has 5 aromatic heterocycles. The molecule has 0 aliphatic carbocycles. The fourth-order valence-electron chi connectivity index (χ4n) is 6.75. The smallest absolute Gasteiger partial charge is 0.137 e. The molecule has 13 nitrogen and oxygen atoms in total. The van der Waals surface area contributed by atoms with Gasteiger partial charge in [-0.15, -0.1) is 0 Å². The number of hydrogen-bond acceptors (Lipinski definition) is 11. The molecule has 8 heterocycles. The summed E-state index contributed by atoms with van der Waals surface area (Å²) in [5.74, 6) is 12.7. The predicted molar refractivity (Wildman–Crippen MR) is 352 cm³/mol. The summed E-state index contributed by atoms with van der Waals surface area (Å²) in [7, 11) is 3.73. The lowest BCUT2D eigenvalue weighted by Gasteiger charge is -2.43. The van der Waals surface area contributed by atoms with Crippen molar-refractivity contribution in [2.24, 2.45) is 41.6 Å². The van der Waals surface area contributed by atoms with Crippen molar-refractivity contribution in [2.75, 3.05) is 59.6 Å². The molecule has 0 amide bonds. The van der Waals surface area contributed by atoms with Crippen molar-refractivity contribution < 1.29 is 9.47 Å². The van der Waals surface area contributed by atoms with Crippen molar-refractivity contribution in [3.05, 3.63) is 144 Å². The Bertz CT molecular complexity index is 2300. The van der Waals surface area contributed by atoms with Gasteiger partial charge >= 0.3 is 0 Å². The molecular weight excluding hydrogens is 1010 g/mol. The molecule has 0 saturated carbocycles. The minimum atomic E-state index is 0. The van der Waals surface area contributed by atoms with E-state index in [9.17, 15) is 0 Å². The number of nitrogens with one attached hydrogen (secondary N) is 1. The number of rotatable bonds is 11.